The maximum absolute atomic E-state index is 13.2. The van der Waals surface area contributed by atoms with E-state index >= 15 is 0 Å². The molecular weight excluding hydrogens is 261 g/mol. The molecule has 0 aliphatic heterocycles. The van der Waals surface area contributed by atoms with Gasteiger partial charge in [-0.2, -0.15) is 0 Å². The molecule has 0 spiro atoms. The molecule has 2 aromatic rings. The van der Waals surface area contributed by atoms with Gasteiger partial charge in [-0.1, -0.05) is 12.1 Å². The summed E-state index contributed by atoms with van der Waals surface area (Å²) in [5, 5.41) is 0. The molecule has 0 amide bonds. The number of para-hydroxylation sites is 1. The Morgan fingerprint density at radius 2 is 1.93 bits per heavy atom. The fraction of sp³-hybridized carbons (Fsp3) is 0. The zero-order valence-corrected chi connectivity index (χ0v) is 9.24. The molecule has 0 fully saturated rings. The van der Waals surface area contributed by atoms with Crippen molar-refractivity contribution in [1.82, 2.24) is 4.98 Å². The topological polar surface area (TPSA) is 22.1 Å². The van der Waals surface area contributed by atoms with E-state index in [1.54, 1.807) is 12.1 Å². The monoisotopic (exact) mass is 267 g/mol. The summed E-state index contributed by atoms with van der Waals surface area (Å²) < 4.78 is 19.3. The molecule has 0 radical (unpaired) electrons. The summed E-state index contributed by atoms with van der Waals surface area (Å²) in [6.07, 6.45) is 1.48. The Bertz CT molecular complexity index is 432. The van der Waals surface area contributed by atoms with E-state index in [1.165, 1.54) is 18.3 Å². The highest BCUT2D eigenvalue weighted by Crippen LogP contribution is 2.28. The van der Waals surface area contributed by atoms with Crippen molar-refractivity contribution in [2.75, 3.05) is 0 Å². The summed E-state index contributed by atoms with van der Waals surface area (Å²) >= 11 is 3.30. The van der Waals surface area contributed by atoms with Crippen LogP contribution in [0.25, 0.3) is 0 Å². The summed E-state index contributed by atoms with van der Waals surface area (Å²) in [5.74, 6) is 0.0350. The van der Waals surface area contributed by atoms with Crippen molar-refractivity contribution in [3.63, 3.8) is 0 Å². The Balaban J connectivity index is 2.30. The minimum absolute atomic E-state index is 0.0237. The van der Waals surface area contributed by atoms with Crippen LogP contribution in [0.15, 0.2) is 47.1 Å². The predicted molar refractivity (Wildman–Crippen MR) is 58.4 cm³/mol. The standard InChI is InChI=1S/C11H7BrFNO/c12-8-4-1-2-6-10(8)15-11-9(13)5-3-7-14-11/h1-7H. The number of nitrogens with zero attached hydrogens (tertiary/aromatic N) is 1. The van der Waals surface area contributed by atoms with E-state index in [0.29, 0.717) is 5.75 Å². The molecular formula is C11H7BrFNO. The van der Waals surface area contributed by atoms with Crippen LogP contribution < -0.4 is 4.74 Å². The van der Waals surface area contributed by atoms with Crippen molar-refractivity contribution >= 4 is 15.9 Å². The third-order valence-corrected chi connectivity index (χ3v) is 2.42. The van der Waals surface area contributed by atoms with Gasteiger partial charge in [0.15, 0.2) is 5.82 Å². The first-order chi connectivity index (χ1) is 7.27. The minimum Gasteiger partial charge on any atom is -0.435 e. The maximum Gasteiger partial charge on any atom is 0.255 e. The Morgan fingerprint density at radius 3 is 2.67 bits per heavy atom. The summed E-state index contributed by atoms with van der Waals surface area (Å²) in [6, 6.07) is 10.0. The first-order valence-electron chi connectivity index (χ1n) is 4.30. The molecule has 15 heavy (non-hydrogen) atoms. The van der Waals surface area contributed by atoms with Crippen molar-refractivity contribution in [3.05, 3.63) is 52.9 Å². The van der Waals surface area contributed by atoms with Gasteiger partial charge in [-0.05, 0) is 40.2 Å². The van der Waals surface area contributed by atoms with Crippen LogP contribution in [0.5, 0.6) is 11.6 Å². The molecule has 0 aliphatic rings. The van der Waals surface area contributed by atoms with Gasteiger partial charge < -0.3 is 4.74 Å². The highest BCUT2D eigenvalue weighted by atomic mass is 79.9. The second kappa shape index (κ2) is 4.40. The van der Waals surface area contributed by atoms with Crippen molar-refractivity contribution < 1.29 is 9.13 Å². The molecule has 0 aliphatic carbocycles. The van der Waals surface area contributed by atoms with Gasteiger partial charge in [-0.25, -0.2) is 9.37 Å². The van der Waals surface area contributed by atoms with E-state index in [1.807, 2.05) is 12.1 Å². The predicted octanol–water partition coefficient (Wildman–Crippen LogP) is 3.78. The fourth-order valence-electron chi connectivity index (χ4n) is 1.08. The van der Waals surface area contributed by atoms with Crippen LogP contribution in [-0.2, 0) is 0 Å². The van der Waals surface area contributed by atoms with Gasteiger partial charge in [-0.3, -0.25) is 0 Å². The third-order valence-electron chi connectivity index (χ3n) is 1.77. The molecule has 1 aromatic heterocycles. The van der Waals surface area contributed by atoms with Crippen LogP contribution >= 0.6 is 15.9 Å². The van der Waals surface area contributed by atoms with Crippen LogP contribution in [0.4, 0.5) is 4.39 Å². The first-order valence-corrected chi connectivity index (χ1v) is 5.09. The molecule has 0 saturated heterocycles. The Hall–Kier alpha value is -1.42. The summed E-state index contributed by atoms with van der Waals surface area (Å²) in [6.45, 7) is 0. The number of pyridine rings is 1. The van der Waals surface area contributed by atoms with Gasteiger partial charge >= 0.3 is 0 Å². The van der Waals surface area contributed by atoms with E-state index < -0.39 is 5.82 Å². The Kier molecular flexibility index (Phi) is 2.97. The van der Waals surface area contributed by atoms with Gasteiger partial charge in [0.2, 0.25) is 0 Å². The number of hydrogen-bond acceptors (Lipinski definition) is 2. The van der Waals surface area contributed by atoms with Crippen LogP contribution in [0.1, 0.15) is 0 Å². The average Bonchev–Trinajstić information content (AvgIpc) is 2.24. The Morgan fingerprint density at radius 1 is 1.13 bits per heavy atom. The highest BCUT2D eigenvalue weighted by molar-refractivity contribution is 9.10. The first kappa shape index (κ1) is 10.1. The summed E-state index contributed by atoms with van der Waals surface area (Å²) in [5.41, 5.74) is 0. The van der Waals surface area contributed by atoms with E-state index in [2.05, 4.69) is 20.9 Å². The van der Waals surface area contributed by atoms with Crippen LogP contribution in [0, 0.1) is 5.82 Å². The SMILES string of the molecule is Fc1cccnc1Oc1ccccc1Br. The van der Waals surface area contributed by atoms with Crippen LogP contribution in [0.2, 0.25) is 0 Å². The molecule has 0 unspecified atom stereocenters. The molecule has 0 bridgehead atoms. The molecule has 1 heterocycles. The van der Waals surface area contributed by atoms with E-state index in [4.69, 9.17) is 4.74 Å². The van der Waals surface area contributed by atoms with Crippen molar-refractivity contribution in [2.45, 2.75) is 0 Å². The molecule has 2 nitrogen and oxygen atoms in total. The van der Waals surface area contributed by atoms with Crippen molar-refractivity contribution in [3.8, 4) is 11.6 Å². The lowest BCUT2D eigenvalue weighted by molar-refractivity contribution is 0.420. The summed E-state index contributed by atoms with van der Waals surface area (Å²) in [7, 11) is 0. The number of benzene rings is 1. The lowest BCUT2D eigenvalue weighted by Gasteiger charge is -2.06. The zero-order chi connectivity index (χ0) is 10.7. The molecule has 4 heteroatoms. The average molecular weight is 268 g/mol. The van der Waals surface area contributed by atoms with Gasteiger partial charge in [0, 0.05) is 6.20 Å². The quantitative estimate of drug-likeness (QED) is 0.826. The van der Waals surface area contributed by atoms with E-state index in [0.717, 1.165) is 4.47 Å². The number of aromatic nitrogens is 1. The smallest absolute Gasteiger partial charge is 0.255 e. The molecule has 76 valence electrons. The lowest BCUT2D eigenvalue weighted by atomic mass is 10.3. The minimum atomic E-state index is -0.478. The van der Waals surface area contributed by atoms with Crippen LogP contribution in [-0.4, -0.2) is 4.98 Å². The largest absolute Gasteiger partial charge is 0.435 e. The normalized spacial score (nSPS) is 10.0. The number of ether oxygens (including phenoxy) is 1. The number of halogens is 2. The molecule has 0 N–H and O–H groups in total. The third kappa shape index (κ3) is 2.33. The van der Waals surface area contributed by atoms with Gasteiger partial charge in [0.1, 0.15) is 5.75 Å². The van der Waals surface area contributed by atoms with Crippen molar-refractivity contribution in [1.29, 1.82) is 0 Å². The highest BCUT2D eigenvalue weighted by Gasteiger charge is 2.06. The van der Waals surface area contributed by atoms with Gasteiger partial charge in [0.25, 0.3) is 5.88 Å². The van der Waals surface area contributed by atoms with E-state index in [-0.39, 0.29) is 5.88 Å². The number of hydrogen-bond donors (Lipinski definition) is 0. The molecule has 0 saturated carbocycles. The molecule has 0 atom stereocenters. The fourth-order valence-corrected chi connectivity index (χ4v) is 1.44. The van der Waals surface area contributed by atoms with Gasteiger partial charge in [-0.15, -0.1) is 0 Å². The Labute approximate surface area is 94.9 Å². The van der Waals surface area contributed by atoms with Crippen LogP contribution in [0.3, 0.4) is 0 Å². The molecule has 2 rings (SSSR count). The lowest BCUT2D eigenvalue weighted by Crippen LogP contribution is -1.91. The second-order valence-corrected chi connectivity index (χ2v) is 3.68. The second-order valence-electron chi connectivity index (χ2n) is 2.82. The maximum atomic E-state index is 13.2. The van der Waals surface area contributed by atoms with Crippen molar-refractivity contribution in [2.24, 2.45) is 0 Å². The molecule has 1 aromatic carbocycles. The zero-order valence-electron chi connectivity index (χ0n) is 7.65. The summed E-state index contributed by atoms with van der Waals surface area (Å²) in [4.78, 5) is 3.80. The van der Waals surface area contributed by atoms with Gasteiger partial charge in [0.05, 0.1) is 4.47 Å². The van der Waals surface area contributed by atoms with E-state index in [9.17, 15) is 4.39 Å². The number of rotatable bonds is 2.